The first-order valence-corrected chi connectivity index (χ1v) is 11.7. The van der Waals surface area contributed by atoms with Gasteiger partial charge in [-0.3, -0.25) is 19.3 Å². The molecule has 0 N–H and O–H groups in total. The van der Waals surface area contributed by atoms with E-state index in [9.17, 15) is 14.4 Å². The van der Waals surface area contributed by atoms with E-state index in [-0.39, 0.29) is 17.4 Å². The van der Waals surface area contributed by atoms with E-state index in [4.69, 9.17) is 0 Å². The lowest BCUT2D eigenvalue weighted by Gasteiger charge is -2.48. The number of amides is 2. The van der Waals surface area contributed by atoms with Crippen LogP contribution in [0.25, 0.3) is 0 Å². The van der Waals surface area contributed by atoms with Gasteiger partial charge in [0.1, 0.15) is 0 Å². The zero-order chi connectivity index (χ0) is 23.5. The van der Waals surface area contributed by atoms with Gasteiger partial charge in [-0.15, -0.1) is 0 Å². The van der Waals surface area contributed by atoms with Gasteiger partial charge in [0.05, 0.1) is 12.1 Å². The number of hydrogen-bond acceptors (Lipinski definition) is 4. The molecule has 2 aliphatic heterocycles. The lowest BCUT2D eigenvalue weighted by molar-refractivity contribution is 0.00849. The Morgan fingerprint density at radius 3 is 2.00 bits per heavy atom. The molecule has 7 heteroatoms. The molecular weight excluding hydrogens is 428 g/mol. The van der Waals surface area contributed by atoms with Crippen LogP contribution in [0.1, 0.15) is 26.3 Å². The Balaban J connectivity index is 1.14. The summed E-state index contributed by atoms with van der Waals surface area (Å²) in [5, 5.41) is 0. The summed E-state index contributed by atoms with van der Waals surface area (Å²) in [5.74, 6) is 0.0345. The van der Waals surface area contributed by atoms with Gasteiger partial charge in [-0.05, 0) is 23.8 Å². The SMILES string of the molecule is O=C(c1ccccc1)N1CCN(C2CN(C(=O)c3ccc(=O)n(Cc4ccccc4)c3)C2)CC1. The number of likely N-dealkylation sites (tertiary alicyclic amines) is 1. The number of benzene rings is 2. The van der Waals surface area contributed by atoms with Crippen LogP contribution in [0.3, 0.4) is 0 Å². The molecule has 3 aromatic rings. The maximum absolute atomic E-state index is 13.0. The lowest BCUT2D eigenvalue weighted by atomic mass is 10.0. The minimum atomic E-state index is -0.121. The van der Waals surface area contributed by atoms with Gasteiger partial charge in [0.25, 0.3) is 17.4 Å². The summed E-state index contributed by atoms with van der Waals surface area (Å²) in [6.07, 6.45) is 1.67. The minimum Gasteiger partial charge on any atom is -0.336 e. The zero-order valence-corrected chi connectivity index (χ0v) is 19.0. The predicted molar refractivity (Wildman–Crippen MR) is 130 cm³/mol. The van der Waals surface area contributed by atoms with E-state index < -0.39 is 0 Å². The Kier molecular flexibility index (Phi) is 6.27. The number of carbonyl (C=O) groups is 2. The van der Waals surface area contributed by atoms with Crippen molar-refractivity contribution in [3.63, 3.8) is 0 Å². The first kappa shape index (κ1) is 22.1. The number of rotatable bonds is 5. The number of aromatic nitrogens is 1. The van der Waals surface area contributed by atoms with Crippen molar-refractivity contribution >= 4 is 11.8 Å². The van der Waals surface area contributed by atoms with Crippen LogP contribution in [-0.2, 0) is 6.54 Å². The van der Waals surface area contributed by atoms with E-state index >= 15 is 0 Å². The average molecular weight is 457 g/mol. The quantitative estimate of drug-likeness (QED) is 0.590. The van der Waals surface area contributed by atoms with Gasteiger partial charge in [-0.25, -0.2) is 0 Å². The van der Waals surface area contributed by atoms with Crippen molar-refractivity contribution in [2.24, 2.45) is 0 Å². The molecule has 0 unspecified atom stereocenters. The molecule has 0 bridgehead atoms. The molecule has 174 valence electrons. The molecule has 2 aromatic carbocycles. The van der Waals surface area contributed by atoms with Gasteiger partial charge in [0.15, 0.2) is 0 Å². The molecule has 1 aromatic heterocycles. The van der Waals surface area contributed by atoms with Gasteiger partial charge in [-0.1, -0.05) is 48.5 Å². The van der Waals surface area contributed by atoms with Crippen molar-refractivity contribution in [2.75, 3.05) is 39.3 Å². The smallest absolute Gasteiger partial charge is 0.255 e. The van der Waals surface area contributed by atoms with Crippen molar-refractivity contribution in [2.45, 2.75) is 12.6 Å². The van der Waals surface area contributed by atoms with Crippen molar-refractivity contribution in [3.8, 4) is 0 Å². The van der Waals surface area contributed by atoms with E-state index in [1.165, 1.54) is 6.07 Å². The van der Waals surface area contributed by atoms with Crippen LogP contribution in [0.15, 0.2) is 83.8 Å². The minimum absolute atomic E-state index is 0.0454. The fourth-order valence-corrected chi connectivity index (χ4v) is 4.65. The van der Waals surface area contributed by atoms with Crippen molar-refractivity contribution in [3.05, 3.63) is 106 Å². The lowest BCUT2D eigenvalue weighted by Crippen LogP contribution is -2.64. The molecule has 0 radical (unpaired) electrons. The van der Waals surface area contributed by atoms with E-state index in [2.05, 4.69) is 4.90 Å². The van der Waals surface area contributed by atoms with Crippen LogP contribution in [0, 0.1) is 0 Å². The van der Waals surface area contributed by atoms with E-state index in [0.717, 1.165) is 24.2 Å². The average Bonchev–Trinajstić information content (AvgIpc) is 2.85. The van der Waals surface area contributed by atoms with Crippen LogP contribution >= 0.6 is 0 Å². The van der Waals surface area contributed by atoms with Gasteiger partial charge in [0, 0.05) is 63.1 Å². The van der Waals surface area contributed by atoms with Crippen LogP contribution in [0.5, 0.6) is 0 Å². The standard InChI is InChI=1S/C27H28N4O3/c32-25-12-11-23(18-30(25)17-21-7-3-1-4-8-21)27(34)31-19-24(20-31)28-13-15-29(16-14-28)26(33)22-9-5-2-6-10-22/h1-12,18,24H,13-17,19-20H2. The Morgan fingerprint density at radius 2 is 1.32 bits per heavy atom. The molecule has 2 fully saturated rings. The monoisotopic (exact) mass is 456 g/mol. The molecule has 34 heavy (non-hydrogen) atoms. The highest BCUT2D eigenvalue weighted by molar-refractivity contribution is 5.95. The van der Waals surface area contributed by atoms with Crippen LogP contribution in [0.4, 0.5) is 0 Å². The fourth-order valence-electron chi connectivity index (χ4n) is 4.65. The summed E-state index contributed by atoms with van der Waals surface area (Å²) in [6, 6.07) is 22.5. The highest BCUT2D eigenvalue weighted by Crippen LogP contribution is 2.20. The summed E-state index contributed by atoms with van der Waals surface area (Å²) in [7, 11) is 0. The fraction of sp³-hybridized carbons (Fsp3) is 0.296. The summed E-state index contributed by atoms with van der Waals surface area (Å²) in [5.41, 5.74) is 2.16. The third-order valence-electron chi connectivity index (χ3n) is 6.71. The zero-order valence-electron chi connectivity index (χ0n) is 19.0. The number of nitrogens with zero attached hydrogens (tertiary/aromatic N) is 4. The molecule has 2 saturated heterocycles. The molecule has 0 saturated carbocycles. The second-order valence-electron chi connectivity index (χ2n) is 8.93. The summed E-state index contributed by atoms with van der Waals surface area (Å²) in [6.45, 7) is 4.80. The van der Waals surface area contributed by atoms with E-state index in [1.807, 2.05) is 70.5 Å². The maximum atomic E-state index is 13.0. The highest BCUT2D eigenvalue weighted by atomic mass is 16.2. The number of piperazine rings is 1. The first-order chi connectivity index (χ1) is 16.6. The van der Waals surface area contributed by atoms with Gasteiger partial charge < -0.3 is 14.4 Å². The first-order valence-electron chi connectivity index (χ1n) is 11.7. The van der Waals surface area contributed by atoms with Gasteiger partial charge >= 0.3 is 0 Å². The molecule has 5 rings (SSSR count). The molecule has 3 heterocycles. The third kappa shape index (κ3) is 4.65. The summed E-state index contributed by atoms with van der Waals surface area (Å²) < 4.78 is 1.59. The number of pyridine rings is 1. The molecular formula is C27H28N4O3. The van der Waals surface area contributed by atoms with Crippen molar-refractivity contribution in [1.29, 1.82) is 0 Å². The molecule has 2 aliphatic rings. The second-order valence-corrected chi connectivity index (χ2v) is 8.93. The molecule has 0 aliphatic carbocycles. The predicted octanol–water partition coefficient (Wildman–Crippen LogP) is 2.18. The Hall–Kier alpha value is -3.71. The molecule has 2 amide bonds. The Morgan fingerprint density at radius 1 is 0.706 bits per heavy atom. The largest absolute Gasteiger partial charge is 0.336 e. The highest BCUT2D eigenvalue weighted by Gasteiger charge is 2.37. The van der Waals surface area contributed by atoms with Crippen molar-refractivity contribution in [1.82, 2.24) is 19.3 Å². The number of carbonyl (C=O) groups excluding carboxylic acids is 2. The Bertz CT molecular complexity index is 1210. The van der Waals surface area contributed by atoms with E-state index in [1.54, 1.807) is 16.8 Å². The van der Waals surface area contributed by atoms with Crippen molar-refractivity contribution < 1.29 is 9.59 Å². The molecule has 0 atom stereocenters. The van der Waals surface area contributed by atoms with Gasteiger partial charge in [0.2, 0.25) is 0 Å². The van der Waals surface area contributed by atoms with Crippen LogP contribution < -0.4 is 5.56 Å². The van der Waals surface area contributed by atoms with Crippen LogP contribution in [0.2, 0.25) is 0 Å². The second kappa shape index (κ2) is 9.65. The third-order valence-corrected chi connectivity index (χ3v) is 6.71. The van der Waals surface area contributed by atoms with Gasteiger partial charge in [-0.2, -0.15) is 0 Å². The molecule has 7 nitrogen and oxygen atoms in total. The van der Waals surface area contributed by atoms with Crippen LogP contribution in [-0.4, -0.2) is 76.4 Å². The van der Waals surface area contributed by atoms with E-state index in [0.29, 0.717) is 44.3 Å². The number of hydrogen-bond donors (Lipinski definition) is 0. The molecule has 0 spiro atoms. The summed E-state index contributed by atoms with van der Waals surface area (Å²) >= 11 is 0. The maximum Gasteiger partial charge on any atom is 0.255 e. The topological polar surface area (TPSA) is 65.9 Å². The summed E-state index contributed by atoms with van der Waals surface area (Å²) in [4.78, 5) is 44.1. The Labute approximate surface area is 198 Å². The normalized spacial score (nSPS) is 16.8.